The van der Waals surface area contributed by atoms with Crippen LogP contribution in [0.4, 0.5) is 3.89 Å². The van der Waals surface area contributed by atoms with Crippen molar-refractivity contribution in [2.75, 3.05) is 0 Å². The van der Waals surface area contributed by atoms with Crippen molar-refractivity contribution in [2.24, 2.45) is 0 Å². The summed E-state index contributed by atoms with van der Waals surface area (Å²) in [5.74, 6) is 0. The van der Waals surface area contributed by atoms with Crippen LogP contribution in [0.3, 0.4) is 0 Å². The molecular formula is C19H15FO3S. The molecule has 3 aromatic rings. The molecule has 0 unspecified atom stereocenters. The van der Waals surface area contributed by atoms with Gasteiger partial charge in [-0.05, 0) is 48.9 Å². The van der Waals surface area contributed by atoms with Gasteiger partial charge in [0, 0.05) is 29.0 Å². The summed E-state index contributed by atoms with van der Waals surface area (Å²) in [5.41, 5.74) is 7.03. The van der Waals surface area contributed by atoms with Crippen LogP contribution in [0.15, 0.2) is 54.6 Å². The molecule has 3 nitrogen and oxygen atoms in total. The van der Waals surface area contributed by atoms with Crippen LogP contribution in [0.5, 0.6) is 0 Å². The predicted octanol–water partition coefficient (Wildman–Crippen LogP) is 4.07. The zero-order valence-electron chi connectivity index (χ0n) is 13.0. The van der Waals surface area contributed by atoms with Crippen molar-refractivity contribution in [3.8, 4) is 0 Å². The van der Waals surface area contributed by atoms with E-state index < -0.39 is 10.5 Å². The Morgan fingerprint density at radius 3 is 2.29 bits per heavy atom. The van der Waals surface area contributed by atoms with Gasteiger partial charge < -0.3 is 4.55 Å². The molecule has 1 aliphatic carbocycles. The minimum absolute atomic E-state index is 1.05. The third kappa shape index (κ3) is 3.58. The number of benzene rings is 3. The Morgan fingerprint density at radius 2 is 1.58 bits per heavy atom. The van der Waals surface area contributed by atoms with E-state index in [-0.39, 0.29) is 0 Å². The fourth-order valence-electron chi connectivity index (χ4n) is 3.17. The van der Waals surface area contributed by atoms with E-state index in [4.69, 9.17) is 13.0 Å². The molecule has 0 saturated carbocycles. The number of fused-ring (bicyclic) bond motifs is 4. The zero-order valence-corrected chi connectivity index (χ0v) is 13.8. The highest BCUT2D eigenvalue weighted by Crippen LogP contribution is 2.35. The van der Waals surface area contributed by atoms with Gasteiger partial charge in [-0.2, -0.15) is 0 Å². The molecule has 0 amide bonds. The fourth-order valence-corrected chi connectivity index (χ4v) is 3.17. The van der Waals surface area contributed by atoms with Crippen LogP contribution < -0.4 is 0 Å². The Bertz CT molecular complexity index is 1000. The van der Waals surface area contributed by atoms with Crippen LogP contribution >= 0.6 is 0 Å². The summed E-state index contributed by atoms with van der Waals surface area (Å²) in [6, 6.07) is 19.8. The van der Waals surface area contributed by atoms with E-state index in [1.165, 1.54) is 38.6 Å². The van der Waals surface area contributed by atoms with E-state index in [1.54, 1.807) is 0 Å². The maximum Gasteiger partial charge on any atom is 0.255 e. The molecule has 24 heavy (non-hydrogen) atoms. The van der Waals surface area contributed by atoms with E-state index in [1.807, 2.05) is 0 Å². The summed E-state index contributed by atoms with van der Waals surface area (Å²) in [4.78, 5) is 0. The van der Waals surface area contributed by atoms with Crippen molar-refractivity contribution < 1.29 is 16.9 Å². The summed E-state index contributed by atoms with van der Waals surface area (Å²) in [5, 5.41) is 2.75. The van der Waals surface area contributed by atoms with E-state index in [2.05, 4.69) is 67.9 Å². The summed E-state index contributed by atoms with van der Waals surface area (Å²) < 4.78 is 35.3. The number of aryl methyl sites for hydroxylation is 1. The number of hydrogen-bond donors (Lipinski definition) is 0. The average molecular weight is 342 g/mol. The second-order valence-electron chi connectivity index (χ2n) is 5.72. The van der Waals surface area contributed by atoms with Gasteiger partial charge in [0.2, 0.25) is 0 Å². The molecule has 0 radical (unpaired) electrons. The number of halogens is 1. The van der Waals surface area contributed by atoms with Gasteiger partial charge in [0.15, 0.2) is 0 Å². The molecule has 4 rings (SSSR count). The van der Waals surface area contributed by atoms with Gasteiger partial charge in [-0.1, -0.05) is 12.1 Å². The molecule has 0 N–H and O–H groups in total. The molecule has 0 heterocycles. The van der Waals surface area contributed by atoms with Crippen molar-refractivity contribution in [3.63, 3.8) is 0 Å². The van der Waals surface area contributed by atoms with Gasteiger partial charge in [-0.3, -0.25) is 0 Å². The van der Waals surface area contributed by atoms with Crippen LogP contribution in [-0.2, 0) is 16.9 Å². The van der Waals surface area contributed by atoms with Crippen LogP contribution in [0.1, 0.15) is 27.8 Å². The van der Waals surface area contributed by atoms with Crippen molar-refractivity contribution in [1.29, 1.82) is 0 Å². The standard InChI is InChI=1S/C19H15.FHO3S/c1-13-10-16-11-14-6-2-3-7-15(14)12-19(16)18-9-5-4-8-17(13)18;1-5(2,3)4/h2-10,12H,11H2,1H3;(H,2,3,4)/q+1;/p-1. The Hall–Kier alpha value is -2.37. The third-order valence-electron chi connectivity index (χ3n) is 4.11. The highest BCUT2D eigenvalue weighted by Gasteiger charge is 2.24. The quantitative estimate of drug-likeness (QED) is 0.275. The minimum atomic E-state index is -5.42. The normalized spacial score (nSPS) is 12.5. The Balaban J connectivity index is 0.000000300. The molecule has 0 aliphatic heterocycles. The summed E-state index contributed by atoms with van der Waals surface area (Å²) in [6.45, 7) is 2.21. The third-order valence-corrected chi connectivity index (χ3v) is 4.11. The minimum Gasteiger partial charge on any atom is -0.722 e. The maximum atomic E-state index is 10.1. The zero-order chi connectivity index (χ0) is 17.3. The highest BCUT2D eigenvalue weighted by atomic mass is 32.3. The summed E-state index contributed by atoms with van der Waals surface area (Å²) >= 11 is 0. The van der Waals surface area contributed by atoms with Gasteiger partial charge in [-0.25, -0.2) is 8.42 Å². The Labute approximate surface area is 140 Å². The van der Waals surface area contributed by atoms with Crippen LogP contribution in [-0.4, -0.2) is 13.0 Å². The molecule has 122 valence electrons. The molecule has 5 heteroatoms. The number of rotatable bonds is 0. The van der Waals surface area contributed by atoms with Crippen LogP contribution in [0.2, 0.25) is 0 Å². The molecule has 0 spiro atoms. The van der Waals surface area contributed by atoms with Crippen molar-refractivity contribution in [3.05, 3.63) is 88.8 Å². The summed E-state index contributed by atoms with van der Waals surface area (Å²) in [7, 11) is -5.42. The lowest BCUT2D eigenvalue weighted by atomic mass is 9.82. The van der Waals surface area contributed by atoms with Gasteiger partial charge in [0.1, 0.15) is 0 Å². The first kappa shape index (κ1) is 16.5. The van der Waals surface area contributed by atoms with E-state index >= 15 is 0 Å². The molecule has 0 bridgehead atoms. The van der Waals surface area contributed by atoms with Crippen LogP contribution in [0, 0.1) is 13.3 Å². The second-order valence-corrected chi connectivity index (χ2v) is 6.51. The predicted molar refractivity (Wildman–Crippen MR) is 91.2 cm³/mol. The molecule has 0 atom stereocenters. The van der Waals surface area contributed by atoms with E-state index in [0.717, 1.165) is 6.42 Å². The molecule has 0 aromatic heterocycles. The first-order chi connectivity index (χ1) is 11.3. The lowest BCUT2D eigenvalue weighted by Gasteiger charge is -2.15. The second kappa shape index (κ2) is 6.26. The van der Waals surface area contributed by atoms with Crippen LogP contribution in [0.25, 0.3) is 10.8 Å². The molecule has 3 aromatic carbocycles. The Kier molecular flexibility index (Phi) is 4.30. The maximum absolute atomic E-state index is 10.1. The van der Waals surface area contributed by atoms with E-state index in [9.17, 15) is 3.89 Å². The average Bonchev–Trinajstić information content (AvgIpc) is 2.52. The lowest BCUT2D eigenvalue weighted by molar-refractivity contribution is 0.417. The molecule has 0 saturated heterocycles. The van der Waals surface area contributed by atoms with Crippen molar-refractivity contribution in [1.82, 2.24) is 0 Å². The van der Waals surface area contributed by atoms with Crippen molar-refractivity contribution in [2.45, 2.75) is 13.3 Å². The first-order valence-corrected chi connectivity index (χ1v) is 8.73. The van der Waals surface area contributed by atoms with Gasteiger partial charge in [0.25, 0.3) is 10.5 Å². The topological polar surface area (TPSA) is 57.2 Å². The van der Waals surface area contributed by atoms with Gasteiger partial charge >= 0.3 is 0 Å². The van der Waals surface area contributed by atoms with Gasteiger partial charge in [-0.15, -0.1) is 3.89 Å². The van der Waals surface area contributed by atoms with Gasteiger partial charge in [0.05, 0.1) is 22.9 Å². The Morgan fingerprint density at radius 1 is 1.00 bits per heavy atom. The molecule has 0 fully saturated rings. The SMILES string of the molecule is Cc1cc2c(c3ccccc13)[CH+]c1ccccc1C2.O=S(=O)([O-])F. The highest BCUT2D eigenvalue weighted by molar-refractivity contribution is 7.80. The summed E-state index contributed by atoms with van der Waals surface area (Å²) in [6.07, 6.45) is 3.39. The fraction of sp³-hybridized carbons (Fsp3) is 0.105. The largest absolute Gasteiger partial charge is 0.722 e. The molecule has 1 aliphatic rings. The molecular weight excluding hydrogens is 327 g/mol. The van der Waals surface area contributed by atoms with Crippen molar-refractivity contribution >= 4 is 21.3 Å². The first-order valence-electron chi connectivity index (χ1n) is 7.42. The smallest absolute Gasteiger partial charge is 0.255 e. The monoisotopic (exact) mass is 342 g/mol. The van der Waals surface area contributed by atoms with E-state index in [0.29, 0.717) is 0 Å². The lowest BCUT2D eigenvalue weighted by Crippen LogP contribution is -2.06. The number of hydrogen-bond acceptors (Lipinski definition) is 3.